The van der Waals surface area contributed by atoms with Gasteiger partial charge in [0.15, 0.2) is 0 Å². The summed E-state index contributed by atoms with van der Waals surface area (Å²) in [6.45, 7) is 0. The SMILES string of the molecule is CN(C)C(=O)N[C@H]1CC[C@H](CC(=O)O)CC1. The molecule has 0 unspecified atom stereocenters. The number of amides is 2. The monoisotopic (exact) mass is 228 g/mol. The average molecular weight is 228 g/mol. The standard InChI is InChI=1S/C11H20N2O3/c1-13(2)11(16)12-9-5-3-8(4-6-9)7-10(14)15/h8-9H,3-7H2,1-2H3,(H,12,16)(H,14,15)/t8-,9-. The van der Waals surface area contributed by atoms with Gasteiger partial charge in [0.1, 0.15) is 0 Å². The maximum absolute atomic E-state index is 11.4. The number of carboxylic acid groups (broad SMARTS) is 1. The minimum atomic E-state index is -0.722. The zero-order valence-electron chi connectivity index (χ0n) is 9.90. The number of carbonyl (C=O) groups excluding carboxylic acids is 1. The summed E-state index contributed by atoms with van der Waals surface area (Å²) >= 11 is 0. The highest BCUT2D eigenvalue weighted by Crippen LogP contribution is 2.26. The third-order valence-electron chi connectivity index (χ3n) is 3.04. The van der Waals surface area contributed by atoms with E-state index < -0.39 is 5.97 Å². The third kappa shape index (κ3) is 4.08. The van der Waals surface area contributed by atoms with Crippen LogP contribution in [0.4, 0.5) is 4.79 Å². The summed E-state index contributed by atoms with van der Waals surface area (Å²) in [6.07, 6.45) is 3.82. The Morgan fingerprint density at radius 1 is 1.25 bits per heavy atom. The van der Waals surface area contributed by atoms with Gasteiger partial charge in [-0.2, -0.15) is 0 Å². The summed E-state index contributed by atoms with van der Waals surface area (Å²) in [5, 5.41) is 11.6. The smallest absolute Gasteiger partial charge is 0.317 e. The highest BCUT2D eigenvalue weighted by molar-refractivity contribution is 5.73. The Kier molecular flexibility index (Phi) is 4.58. The van der Waals surface area contributed by atoms with E-state index in [1.54, 1.807) is 14.1 Å². The van der Waals surface area contributed by atoms with E-state index in [1.165, 1.54) is 4.90 Å². The summed E-state index contributed by atoms with van der Waals surface area (Å²) in [7, 11) is 3.43. The molecule has 16 heavy (non-hydrogen) atoms. The molecule has 0 bridgehead atoms. The number of hydrogen-bond donors (Lipinski definition) is 2. The lowest BCUT2D eigenvalue weighted by Crippen LogP contribution is -2.43. The summed E-state index contributed by atoms with van der Waals surface area (Å²) in [5.41, 5.74) is 0. The van der Waals surface area contributed by atoms with Crippen LogP contribution in [-0.2, 0) is 4.79 Å². The van der Waals surface area contributed by atoms with E-state index >= 15 is 0 Å². The first-order valence-corrected chi connectivity index (χ1v) is 5.68. The molecule has 0 spiro atoms. The molecule has 92 valence electrons. The molecule has 1 fully saturated rings. The molecule has 5 nitrogen and oxygen atoms in total. The van der Waals surface area contributed by atoms with Crippen molar-refractivity contribution in [3.63, 3.8) is 0 Å². The normalized spacial score (nSPS) is 24.9. The molecule has 0 aromatic rings. The van der Waals surface area contributed by atoms with Crippen LogP contribution in [0, 0.1) is 5.92 Å². The van der Waals surface area contributed by atoms with E-state index in [-0.39, 0.29) is 24.4 Å². The largest absolute Gasteiger partial charge is 0.481 e. The number of nitrogens with one attached hydrogen (secondary N) is 1. The van der Waals surface area contributed by atoms with Gasteiger partial charge in [0.25, 0.3) is 0 Å². The lowest BCUT2D eigenvalue weighted by molar-refractivity contribution is -0.138. The Labute approximate surface area is 95.8 Å². The zero-order chi connectivity index (χ0) is 12.1. The number of hydrogen-bond acceptors (Lipinski definition) is 2. The minimum absolute atomic E-state index is 0.0679. The number of carbonyl (C=O) groups is 2. The Morgan fingerprint density at radius 2 is 1.81 bits per heavy atom. The molecular weight excluding hydrogens is 208 g/mol. The molecule has 0 radical (unpaired) electrons. The fourth-order valence-electron chi connectivity index (χ4n) is 2.06. The topological polar surface area (TPSA) is 69.6 Å². The summed E-state index contributed by atoms with van der Waals surface area (Å²) in [4.78, 5) is 23.4. The maximum atomic E-state index is 11.4. The molecule has 1 aliphatic rings. The highest BCUT2D eigenvalue weighted by atomic mass is 16.4. The molecular formula is C11H20N2O3. The van der Waals surface area contributed by atoms with Crippen molar-refractivity contribution in [3.05, 3.63) is 0 Å². The molecule has 0 saturated heterocycles. The van der Waals surface area contributed by atoms with Crippen molar-refractivity contribution in [2.45, 2.75) is 38.1 Å². The number of rotatable bonds is 3. The molecule has 1 aliphatic carbocycles. The van der Waals surface area contributed by atoms with E-state index in [0.29, 0.717) is 0 Å². The van der Waals surface area contributed by atoms with Crippen LogP contribution in [0.25, 0.3) is 0 Å². The first kappa shape index (κ1) is 12.8. The van der Waals surface area contributed by atoms with Crippen LogP contribution >= 0.6 is 0 Å². The average Bonchev–Trinajstić information content (AvgIpc) is 2.20. The van der Waals surface area contributed by atoms with Gasteiger partial charge in [-0.25, -0.2) is 4.79 Å². The fraction of sp³-hybridized carbons (Fsp3) is 0.818. The number of aliphatic carboxylic acids is 1. The fourth-order valence-corrected chi connectivity index (χ4v) is 2.06. The lowest BCUT2D eigenvalue weighted by atomic mass is 9.84. The Hall–Kier alpha value is -1.26. The summed E-state index contributed by atoms with van der Waals surface area (Å²) in [6, 6.07) is 0.140. The number of nitrogens with zero attached hydrogens (tertiary/aromatic N) is 1. The van der Waals surface area contributed by atoms with Gasteiger partial charge in [-0.05, 0) is 31.6 Å². The zero-order valence-corrected chi connectivity index (χ0v) is 9.90. The van der Waals surface area contributed by atoms with Gasteiger partial charge < -0.3 is 15.3 Å². The van der Waals surface area contributed by atoms with Crippen LogP contribution in [0.5, 0.6) is 0 Å². The first-order valence-electron chi connectivity index (χ1n) is 5.68. The predicted octanol–water partition coefficient (Wildman–Crippen LogP) is 1.29. The van der Waals surface area contributed by atoms with Crippen LogP contribution in [-0.4, -0.2) is 42.1 Å². The van der Waals surface area contributed by atoms with Crippen LogP contribution in [0.2, 0.25) is 0 Å². The van der Waals surface area contributed by atoms with Gasteiger partial charge in [0.05, 0.1) is 0 Å². The Bertz CT molecular complexity index is 258. The van der Waals surface area contributed by atoms with E-state index in [2.05, 4.69) is 5.32 Å². The van der Waals surface area contributed by atoms with Gasteiger partial charge in [0, 0.05) is 26.6 Å². The van der Waals surface area contributed by atoms with Crippen molar-refractivity contribution < 1.29 is 14.7 Å². The van der Waals surface area contributed by atoms with Gasteiger partial charge in [-0.1, -0.05) is 0 Å². The van der Waals surface area contributed by atoms with Crippen molar-refractivity contribution in [1.29, 1.82) is 0 Å². The van der Waals surface area contributed by atoms with Gasteiger partial charge >= 0.3 is 12.0 Å². The number of urea groups is 1. The van der Waals surface area contributed by atoms with E-state index in [1.807, 2.05) is 0 Å². The van der Waals surface area contributed by atoms with E-state index in [4.69, 9.17) is 5.11 Å². The maximum Gasteiger partial charge on any atom is 0.317 e. The summed E-state index contributed by atoms with van der Waals surface area (Å²) < 4.78 is 0. The molecule has 2 amide bonds. The predicted molar refractivity (Wildman–Crippen MR) is 60.2 cm³/mol. The lowest BCUT2D eigenvalue weighted by Gasteiger charge is -2.29. The molecule has 0 aliphatic heterocycles. The molecule has 0 atom stereocenters. The molecule has 1 rings (SSSR count). The van der Waals surface area contributed by atoms with Crippen molar-refractivity contribution in [2.75, 3.05) is 14.1 Å². The quantitative estimate of drug-likeness (QED) is 0.764. The molecule has 5 heteroatoms. The molecule has 0 aromatic heterocycles. The van der Waals surface area contributed by atoms with Crippen molar-refractivity contribution in [2.24, 2.45) is 5.92 Å². The molecule has 1 saturated carbocycles. The Morgan fingerprint density at radius 3 is 2.25 bits per heavy atom. The van der Waals surface area contributed by atoms with Gasteiger partial charge in [0.2, 0.25) is 0 Å². The van der Waals surface area contributed by atoms with E-state index in [0.717, 1.165) is 25.7 Å². The molecule has 0 heterocycles. The first-order chi connectivity index (χ1) is 7.49. The van der Waals surface area contributed by atoms with Crippen LogP contribution in [0.15, 0.2) is 0 Å². The molecule has 2 N–H and O–H groups in total. The van der Waals surface area contributed by atoms with Crippen LogP contribution < -0.4 is 5.32 Å². The van der Waals surface area contributed by atoms with Gasteiger partial charge in [-0.3, -0.25) is 4.79 Å². The van der Waals surface area contributed by atoms with Crippen molar-refractivity contribution >= 4 is 12.0 Å². The highest BCUT2D eigenvalue weighted by Gasteiger charge is 2.24. The van der Waals surface area contributed by atoms with Crippen molar-refractivity contribution in [1.82, 2.24) is 10.2 Å². The van der Waals surface area contributed by atoms with E-state index in [9.17, 15) is 9.59 Å². The van der Waals surface area contributed by atoms with Crippen LogP contribution in [0.3, 0.4) is 0 Å². The second-order valence-electron chi connectivity index (χ2n) is 4.66. The minimum Gasteiger partial charge on any atom is -0.481 e. The van der Waals surface area contributed by atoms with Crippen molar-refractivity contribution in [3.8, 4) is 0 Å². The Balaban J connectivity index is 2.27. The second kappa shape index (κ2) is 5.72. The van der Waals surface area contributed by atoms with Gasteiger partial charge in [-0.15, -0.1) is 0 Å². The second-order valence-corrected chi connectivity index (χ2v) is 4.66. The number of carboxylic acids is 1. The molecule has 0 aromatic carbocycles. The summed E-state index contributed by atoms with van der Waals surface area (Å²) in [5.74, 6) is -0.439. The third-order valence-corrected chi connectivity index (χ3v) is 3.04. The van der Waals surface area contributed by atoms with Crippen LogP contribution in [0.1, 0.15) is 32.1 Å².